The van der Waals surface area contributed by atoms with Gasteiger partial charge in [-0.2, -0.15) is 0 Å². The Morgan fingerprint density at radius 2 is 1.76 bits per heavy atom. The predicted octanol–water partition coefficient (Wildman–Crippen LogP) is 7.46. The fourth-order valence-corrected chi connectivity index (χ4v) is 3.90. The Kier molecular flexibility index (Phi) is 5.80. The molecule has 3 rings (SSSR count). The van der Waals surface area contributed by atoms with E-state index in [1.807, 2.05) is 6.07 Å². The van der Waals surface area contributed by atoms with Gasteiger partial charge in [0.25, 0.3) is 0 Å². The van der Waals surface area contributed by atoms with E-state index in [1.54, 1.807) is 23.9 Å². The summed E-state index contributed by atoms with van der Waals surface area (Å²) in [6.07, 6.45) is 8.94. The second-order valence-corrected chi connectivity index (χ2v) is 7.46. The van der Waals surface area contributed by atoms with Crippen LogP contribution in [0.15, 0.2) is 52.9 Å². The van der Waals surface area contributed by atoms with Gasteiger partial charge in [-0.3, -0.25) is 0 Å². The molecule has 0 heterocycles. The number of fused-ring (bicyclic) bond motifs is 1. The van der Waals surface area contributed by atoms with E-state index < -0.39 is 0 Å². The van der Waals surface area contributed by atoms with Crippen molar-refractivity contribution in [3.63, 3.8) is 0 Å². The molecule has 1 aliphatic rings. The van der Waals surface area contributed by atoms with Gasteiger partial charge in [0.05, 0.1) is 0 Å². The SMILES string of the molecule is CCCCCC1=C(C)C(=Cc2ccc(SC)cc2)c2ccc(F)cc21. The van der Waals surface area contributed by atoms with Gasteiger partial charge in [0.1, 0.15) is 5.82 Å². The van der Waals surface area contributed by atoms with Gasteiger partial charge >= 0.3 is 0 Å². The van der Waals surface area contributed by atoms with Crippen molar-refractivity contribution >= 4 is 29.0 Å². The third-order valence-electron chi connectivity index (χ3n) is 4.91. The summed E-state index contributed by atoms with van der Waals surface area (Å²) in [7, 11) is 0. The van der Waals surface area contributed by atoms with Crippen molar-refractivity contribution < 1.29 is 4.39 Å². The normalized spacial score (nSPS) is 15.1. The van der Waals surface area contributed by atoms with Gasteiger partial charge in [0.2, 0.25) is 0 Å². The Labute approximate surface area is 154 Å². The molecule has 1 aliphatic carbocycles. The summed E-state index contributed by atoms with van der Waals surface area (Å²) in [5.41, 5.74) is 7.29. The molecule has 0 radical (unpaired) electrons. The van der Waals surface area contributed by atoms with E-state index in [9.17, 15) is 4.39 Å². The minimum atomic E-state index is -0.148. The van der Waals surface area contributed by atoms with Gasteiger partial charge in [-0.1, -0.05) is 38.0 Å². The van der Waals surface area contributed by atoms with Gasteiger partial charge in [0, 0.05) is 4.90 Å². The zero-order valence-corrected chi connectivity index (χ0v) is 16.0. The lowest BCUT2D eigenvalue weighted by Crippen LogP contribution is -1.87. The Bertz CT molecular complexity index is 812. The molecule has 0 unspecified atom stereocenters. The molecule has 25 heavy (non-hydrogen) atoms. The summed E-state index contributed by atoms with van der Waals surface area (Å²) < 4.78 is 13.8. The summed E-state index contributed by atoms with van der Waals surface area (Å²) in [5, 5.41) is 0. The highest BCUT2D eigenvalue weighted by molar-refractivity contribution is 7.98. The summed E-state index contributed by atoms with van der Waals surface area (Å²) in [5.74, 6) is -0.148. The van der Waals surface area contributed by atoms with Crippen LogP contribution < -0.4 is 0 Å². The highest BCUT2D eigenvalue weighted by atomic mass is 32.2. The predicted molar refractivity (Wildman–Crippen MR) is 109 cm³/mol. The average molecular weight is 353 g/mol. The topological polar surface area (TPSA) is 0 Å². The minimum absolute atomic E-state index is 0.148. The highest BCUT2D eigenvalue weighted by Crippen LogP contribution is 2.44. The van der Waals surface area contributed by atoms with Gasteiger partial charge in [-0.15, -0.1) is 11.8 Å². The van der Waals surface area contributed by atoms with Crippen LogP contribution in [0.4, 0.5) is 4.39 Å². The molecule has 0 nitrogen and oxygen atoms in total. The van der Waals surface area contributed by atoms with Crippen LogP contribution in [0.1, 0.15) is 56.2 Å². The van der Waals surface area contributed by atoms with E-state index in [1.165, 1.54) is 45.6 Å². The zero-order chi connectivity index (χ0) is 17.8. The van der Waals surface area contributed by atoms with Crippen molar-refractivity contribution in [2.75, 3.05) is 6.26 Å². The second kappa shape index (κ2) is 8.05. The van der Waals surface area contributed by atoms with Crippen molar-refractivity contribution in [3.8, 4) is 0 Å². The summed E-state index contributed by atoms with van der Waals surface area (Å²) in [6.45, 7) is 4.40. The first kappa shape index (κ1) is 18.0. The maximum Gasteiger partial charge on any atom is 0.123 e. The van der Waals surface area contributed by atoms with Crippen LogP contribution in [-0.2, 0) is 0 Å². The number of hydrogen-bond donors (Lipinski definition) is 0. The molecule has 2 aromatic carbocycles. The van der Waals surface area contributed by atoms with Gasteiger partial charge in [-0.05, 0) is 89.8 Å². The molecule has 0 saturated heterocycles. The molecular formula is C23H25FS. The lowest BCUT2D eigenvalue weighted by Gasteiger charge is -2.06. The van der Waals surface area contributed by atoms with E-state index in [-0.39, 0.29) is 5.82 Å². The zero-order valence-electron chi connectivity index (χ0n) is 15.2. The molecule has 0 fully saturated rings. The van der Waals surface area contributed by atoms with E-state index in [0.29, 0.717) is 0 Å². The molecular weight excluding hydrogens is 327 g/mol. The number of unbranched alkanes of at least 4 members (excludes halogenated alkanes) is 2. The number of allylic oxidation sites excluding steroid dienone is 3. The molecule has 0 N–H and O–H groups in total. The van der Waals surface area contributed by atoms with Crippen molar-refractivity contribution in [2.24, 2.45) is 0 Å². The summed E-state index contributed by atoms with van der Waals surface area (Å²) >= 11 is 1.75. The second-order valence-electron chi connectivity index (χ2n) is 6.58. The first-order valence-corrected chi connectivity index (χ1v) is 10.2. The molecule has 0 bridgehead atoms. The molecule has 0 amide bonds. The van der Waals surface area contributed by atoms with E-state index in [4.69, 9.17) is 0 Å². The number of hydrogen-bond acceptors (Lipinski definition) is 1. The van der Waals surface area contributed by atoms with Gasteiger partial charge in [0.15, 0.2) is 0 Å². The minimum Gasteiger partial charge on any atom is -0.207 e. The van der Waals surface area contributed by atoms with Crippen LogP contribution in [0.5, 0.6) is 0 Å². The Balaban J connectivity index is 2.01. The lowest BCUT2D eigenvalue weighted by molar-refractivity contribution is 0.627. The Morgan fingerprint density at radius 1 is 1.00 bits per heavy atom. The van der Waals surface area contributed by atoms with Crippen LogP contribution in [0.25, 0.3) is 17.2 Å². The van der Waals surface area contributed by atoms with Crippen molar-refractivity contribution in [3.05, 3.63) is 70.5 Å². The molecule has 2 aromatic rings. The fourth-order valence-electron chi connectivity index (χ4n) is 3.49. The first-order chi connectivity index (χ1) is 12.1. The van der Waals surface area contributed by atoms with Crippen molar-refractivity contribution in [2.45, 2.75) is 44.4 Å². The smallest absolute Gasteiger partial charge is 0.123 e. The van der Waals surface area contributed by atoms with Gasteiger partial charge < -0.3 is 0 Å². The number of rotatable bonds is 6. The van der Waals surface area contributed by atoms with Crippen molar-refractivity contribution in [1.29, 1.82) is 0 Å². The van der Waals surface area contributed by atoms with Crippen LogP contribution in [0.2, 0.25) is 0 Å². The quantitative estimate of drug-likeness (QED) is 0.384. The van der Waals surface area contributed by atoms with E-state index >= 15 is 0 Å². The molecule has 0 aliphatic heterocycles. The lowest BCUT2D eigenvalue weighted by atomic mass is 9.99. The molecule has 0 aromatic heterocycles. The standard InChI is InChI=1S/C23H25FS/c1-4-5-6-7-20-16(2)22(21-13-10-18(24)15-23(20)21)14-17-8-11-19(25-3)12-9-17/h8-15H,4-7H2,1-3H3. The molecule has 2 heteroatoms. The van der Waals surface area contributed by atoms with E-state index in [0.717, 1.165) is 18.4 Å². The van der Waals surface area contributed by atoms with Crippen LogP contribution in [0, 0.1) is 5.82 Å². The van der Waals surface area contributed by atoms with Crippen LogP contribution in [-0.4, -0.2) is 6.26 Å². The third-order valence-corrected chi connectivity index (χ3v) is 5.65. The Hall–Kier alpha value is -1.80. The number of halogens is 1. The number of thioether (sulfide) groups is 1. The largest absolute Gasteiger partial charge is 0.207 e. The Morgan fingerprint density at radius 3 is 2.44 bits per heavy atom. The maximum absolute atomic E-state index is 13.8. The maximum atomic E-state index is 13.8. The highest BCUT2D eigenvalue weighted by Gasteiger charge is 2.23. The van der Waals surface area contributed by atoms with Crippen LogP contribution >= 0.6 is 11.8 Å². The van der Waals surface area contributed by atoms with E-state index in [2.05, 4.69) is 50.4 Å². The molecule has 0 saturated carbocycles. The monoisotopic (exact) mass is 352 g/mol. The number of benzene rings is 2. The summed E-state index contributed by atoms with van der Waals surface area (Å²) in [4.78, 5) is 1.27. The van der Waals surface area contributed by atoms with Gasteiger partial charge in [-0.25, -0.2) is 4.39 Å². The fraction of sp³-hybridized carbons (Fsp3) is 0.304. The molecule has 130 valence electrons. The van der Waals surface area contributed by atoms with Crippen LogP contribution in [0.3, 0.4) is 0 Å². The summed E-state index contributed by atoms with van der Waals surface area (Å²) in [6, 6.07) is 13.8. The van der Waals surface area contributed by atoms with Crippen molar-refractivity contribution in [1.82, 2.24) is 0 Å². The first-order valence-electron chi connectivity index (χ1n) is 9.00. The third kappa shape index (κ3) is 3.90. The molecule has 0 spiro atoms. The molecule has 0 atom stereocenters. The average Bonchev–Trinajstić information content (AvgIpc) is 2.87.